The fourth-order valence-corrected chi connectivity index (χ4v) is 1.98. The first-order chi connectivity index (χ1) is 9.73. The van der Waals surface area contributed by atoms with Crippen LogP contribution >= 0.6 is 0 Å². The molecule has 0 heterocycles. The summed E-state index contributed by atoms with van der Waals surface area (Å²) in [7, 11) is 0. The number of benzene rings is 1. The maximum atomic E-state index is 12.9. The second-order valence-electron chi connectivity index (χ2n) is 4.69. The lowest BCUT2D eigenvalue weighted by atomic mass is 10.0. The topological polar surface area (TPSA) is 78.6 Å². The van der Waals surface area contributed by atoms with E-state index < -0.39 is 23.3 Å². The van der Waals surface area contributed by atoms with Crippen LogP contribution in [0.25, 0.3) is 0 Å². The molecule has 0 atom stereocenters. The van der Waals surface area contributed by atoms with E-state index in [1.807, 2.05) is 5.43 Å². The van der Waals surface area contributed by atoms with Gasteiger partial charge in [0.05, 0.1) is 23.4 Å². The van der Waals surface area contributed by atoms with Crippen LogP contribution in [0, 0.1) is 0 Å². The molecule has 0 radical (unpaired) electrons. The number of aliphatic hydroxyl groups is 1. The Balaban J connectivity index is 3.33. The number of nitrogen functional groups attached to an aromatic ring is 1. The first kappa shape index (κ1) is 17.3. The Morgan fingerprint density at radius 2 is 2.05 bits per heavy atom. The SMILES string of the molecule is CC(C)N(CCO)C(=O)c1cccc(C(F)(F)F)c1NN. The molecular formula is C13H18F3N3O2. The maximum absolute atomic E-state index is 12.9. The Morgan fingerprint density at radius 3 is 2.48 bits per heavy atom. The van der Waals surface area contributed by atoms with Gasteiger partial charge in [0, 0.05) is 12.6 Å². The van der Waals surface area contributed by atoms with E-state index in [0.717, 1.165) is 12.1 Å². The minimum Gasteiger partial charge on any atom is -0.395 e. The van der Waals surface area contributed by atoms with Gasteiger partial charge in [0.2, 0.25) is 0 Å². The second-order valence-corrected chi connectivity index (χ2v) is 4.69. The molecule has 8 heteroatoms. The van der Waals surface area contributed by atoms with Gasteiger partial charge in [0.15, 0.2) is 0 Å². The molecule has 0 aliphatic rings. The summed E-state index contributed by atoms with van der Waals surface area (Å²) < 4.78 is 38.8. The predicted molar refractivity (Wildman–Crippen MR) is 72.5 cm³/mol. The van der Waals surface area contributed by atoms with Crippen molar-refractivity contribution >= 4 is 11.6 Å². The van der Waals surface area contributed by atoms with Crippen LogP contribution in [0.3, 0.4) is 0 Å². The zero-order chi connectivity index (χ0) is 16.2. The highest BCUT2D eigenvalue weighted by Crippen LogP contribution is 2.36. The van der Waals surface area contributed by atoms with Gasteiger partial charge in [-0.05, 0) is 26.0 Å². The fourth-order valence-electron chi connectivity index (χ4n) is 1.98. The lowest BCUT2D eigenvalue weighted by Crippen LogP contribution is -2.39. The lowest BCUT2D eigenvalue weighted by Gasteiger charge is -2.27. The number of aliphatic hydroxyl groups excluding tert-OH is 1. The van der Waals surface area contributed by atoms with Crippen LogP contribution in [0.15, 0.2) is 18.2 Å². The minimum atomic E-state index is -4.63. The second kappa shape index (κ2) is 6.77. The third-order valence-corrected chi connectivity index (χ3v) is 2.97. The van der Waals surface area contributed by atoms with E-state index in [0.29, 0.717) is 0 Å². The number of para-hydroxylation sites is 1. The molecule has 0 fully saturated rings. The average Bonchev–Trinajstić information content (AvgIpc) is 2.41. The Kier molecular flexibility index (Phi) is 5.56. The maximum Gasteiger partial charge on any atom is 0.418 e. The number of nitrogens with zero attached hydrogens (tertiary/aromatic N) is 1. The molecule has 0 unspecified atom stereocenters. The summed E-state index contributed by atoms with van der Waals surface area (Å²) >= 11 is 0. The molecule has 0 saturated carbocycles. The number of amides is 1. The summed E-state index contributed by atoms with van der Waals surface area (Å²) in [6, 6.07) is 2.98. The monoisotopic (exact) mass is 305 g/mol. The molecule has 0 aliphatic heterocycles. The van der Waals surface area contributed by atoms with E-state index in [9.17, 15) is 18.0 Å². The number of nitrogens with two attached hydrogens (primary N) is 1. The summed E-state index contributed by atoms with van der Waals surface area (Å²) in [6.07, 6.45) is -4.63. The van der Waals surface area contributed by atoms with Gasteiger partial charge in [-0.2, -0.15) is 13.2 Å². The third kappa shape index (κ3) is 3.85. The Bertz CT molecular complexity index is 504. The molecule has 1 aromatic rings. The average molecular weight is 305 g/mol. The van der Waals surface area contributed by atoms with Gasteiger partial charge in [0.1, 0.15) is 0 Å². The molecule has 0 aromatic heterocycles. The van der Waals surface area contributed by atoms with Crippen LogP contribution in [0.1, 0.15) is 29.8 Å². The molecule has 0 aliphatic carbocycles. The van der Waals surface area contributed by atoms with Crippen LogP contribution < -0.4 is 11.3 Å². The van der Waals surface area contributed by atoms with Crippen LogP contribution in [0.5, 0.6) is 0 Å². The van der Waals surface area contributed by atoms with Crippen molar-refractivity contribution in [1.29, 1.82) is 0 Å². The largest absolute Gasteiger partial charge is 0.418 e. The predicted octanol–water partition coefficient (Wildman–Crippen LogP) is 1.83. The normalized spacial score (nSPS) is 11.6. The van der Waals surface area contributed by atoms with Gasteiger partial charge in [-0.1, -0.05) is 6.07 Å². The minimum absolute atomic E-state index is 0.0246. The van der Waals surface area contributed by atoms with Crippen LogP contribution in [-0.4, -0.2) is 35.1 Å². The summed E-state index contributed by atoms with van der Waals surface area (Å²) in [4.78, 5) is 13.7. The number of halogens is 3. The molecule has 0 spiro atoms. The van der Waals surface area contributed by atoms with Gasteiger partial charge in [0.25, 0.3) is 5.91 Å². The summed E-state index contributed by atoms with van der Waals surface area (Å²) in [5, 5.41) is 8.98. The highest BCUT2D eigenvalue weighted by molar-refractivity contribution is 6.00. The molecule has 1 amide bonds. The van der Waals surface area contributed by atoms with E-state index in [2.05, 4.69) is 0 Å². The molecule has 118 valence electrons. The van der Waals surface area contributed by atoms with Crippen molar-refractivity contribution in [3.63, 3.8) is 0 Å². The molecule has 1 aromatic carbocycles. The third-order valence-electron chi connectivity index (χ3n) is 2.97. The van der Waals surface area contributed by atoms with Gasteiger partial charge >= 0.3 is 6.18 Å². The van der Waals surface area contributed by atoms with E-state index in [1.54, 1.807) is 13.8 Å². The van der Waals surface area contributed by atoms with Gasteiger partial charge < -0.3 is 15.4 Å². The van der Waals surface area contributed by atoms with Gasteiger partial charge in [-0.25, -0.2) is 0 Å². The molecule has 21 heavy (non-hydrogen) atoms. The van der Waals surface area contributed by atoms with Crippen molar-refractivity contribution in [3.05, 3.63) is 29.3 Å². The molecule has 0 bridgehead atoms. The lowest BCUT2D eigenvalue weighted by molar-refractivity contribution is -0.137. The smallest absolute Gasteiger partial charge is 0.395 e. The number of carbonyl (C=O) groups is 1. The molecule has 1 rings (SSSR count). The summed E-state index contributed by atoms with van der Waals surface area (Å²) in [5.41, 5.74) is 0.288. The quantitative estimate of drug-likeness (QED) is 0.573. The number of alkyl halides is 3. The number of hydrazine groups is 1. The number of hydrogen-bond donors (Lipinski definition) is 3. The summed E-state index contributed by atoms with van der Waals surface area (Å²) in [5.74, 6) is 4.54. The molecule has 4 N–H and O–H groups in total. The van der Waals surface area contributed by atoms with Crippen molar-refractivity contribution in [1.82, 2.24) is 4.90 Å². The first-order valence-electron chi connectivity index (χ1n) is 6.32. The van der Waals surface area contributed by atoms with Gasteiger partial charge in [-0.3, -0.25) is 10.6 Å². The highest BCUT2D eigenvalue weighted by Gasteiger charge is 2.35. The highest BCUT2D eigenvalue weighted by atomic mass is 19.4. The Labute approximate surface area is 120 Å². The number of nitrogens with one attached hydrogen (secondary N) is 1. The van der Waals surface area contributed by atoms with Crippen molar-refractivity contribution in [2.24, 2.45) is 5.84 Å². The summed E-state index contributed by atoms with van der Waals surface area (Å²) in [6.45, 7) is 3.15. The first-order valence-corrected chi connectivity index (χ1v) is 6.32. The zero-order valence-electron chi connectivity index (χ0n) is 11.7. The standard InChI is InChI=1S/C13H18F3N3O2/c1-8(2)19(6-7-20)12(21)9-4-3-5-10(11(9)18-17)13(14,15)16/h3-5,8,18,20H,6-7,17H2,1-2H3. The number of anilines is 1. The van der Waals surface area contributed by atoms with Crippen molar-refractivity contribution in [2.75, 3.05) is 18.6 Å². The van der Waals surface area contributed by atoms with Crippen molar-refractivity contribution < 1.29 is 23.1 Å². The molecular weight excluding hydrogens is 287 g/mol. The Hall–Kier alpha value is -1.80. The number of carbonyl (C=O) groups excluding carboxylic acids is 1. The van der Waals surface area contributed by atoms with Gasteiger partial charge in [-0.15, -0.1) is 0 Å². The van der Waals surface area contributed by atoms with E-state index in [-0.39, 0.29) is 24.8 Å². The van der Waals surface area contributed by atoms with Crippen molar-refractivity contribution in [2.45, 2.75) is 26.1 Å². The number of rotatable bonds is 5. The molecule has 5 nitrogen and oxygen atoms in total. The number of hydrogen-bond acceptors (Lipinski definition) is 4. The Morgan fingerprint density at radius 1 is 1.43 bits per heavy atom. The van der Waals surface area contributed by atoms with Crippen LogP contribution in [-0.2, 0) is 6.18 Å². The fraction of sp³-hybridized carbons (Fsp3) is 0.462. The van der Waals surface area contributed by atoms with E-state index in [1.165, 1.54) is 11.0 Å². The van der Waals surface area contributed by atoms with E-state index in [4.69, 9.17) is 10.9 Å². The van der Waals surface area contributed by atoms with Crippen LogP contribution in [0.2, 0.25) is 0 Å². The van der Waals surface area contributed by atoms with Crippen molar-refractivity contribution in [3.8, 4) is 0 Å². The van der Waals surface area contributed by atoms with Crippen LogP contribution in [0.4, 0.5) is 18.9 Å². The molecule has 0 saturated heterocycles. The zero-order valence-corrected chi connectivity index (χ0v) is 11.7. The van der Waals surface area contributed by atoms with E-state index >= 15 is 0 Å².